The molecule has 0 aliphatic heterocycles. The van der Waals surface area contributed by atoms with Crippen molar-refractivity contribution in [1.82, 2.24) is 5.32 Å². The summed E-state index contributed by atoms with van der Waals surface area (Å²) in [7, 11) is 3.27. The van der Waals surface area contributed by atoms with Crippen molar-refractivity contribution in [2.45, 2.75) is 25.8 Å². The zero-order valence-corrected chi connectivity index (χ0v) is 13.8. The van der Waals surface area contributed by atoms with Gasteiger partial charge in [-0.15, -0.1) is 0 Å². The van der Waals surface area contributed by atoms with E-state index < -0.39 is 0 Å². The maximum Gasteiger partial charge on any atom is 0.220 e. The number of rotatable bonds is 7. The van der Waals surface area contributed by atoms with Crippen LogP contribution in [0.3, 0.4) is 0 Å². The average Bonchev–Trinajstić information content (AvgIpc) is 2.60. The lowest BCUT2D eigenvalue weighted by Gasteiger charge is -2.13. The molecule has 0 spiro atoms. The highest BCUT2D eigenvalue weighted by molar-refractivity contribution is 5.76. The van der Waals surface area contributed by atoms with Crippen LogP contribution in [0.15, 0.2) is 48.5 Å². The van der Waals surface area contributed by atoms with E-state index in [2.05, 4.69) is 5.32 Å². The number of ether oxygens (including phenoxy) is 2. The molecule has 23 heavy (non-hydrogen) atoms. The second kappa shape index (κ2) is 8.22. The van der Waals surface area contributed by atoms with Crippen LogP contribution in [0, 0.1) is 0 Å². The summed E-state index contributed by atoms with van der Waals surface area (Å²) in [6.07, 6.45) is 0.446. The van der Waals surface area contributed by atoms with Gasteiger partial charge in [0.15, 0.2) is 0 Å². The maximum absolute atomic E-state index is 12.1. The Labute approximate surface area is 137 Å². The van der Waals surface area contributed by atoms with Gasteiger partial charge in [-0.1, -0.05) is 37.3 Å². The normalized spacial score (nSPS) is 11.6. The van der Waals surface area contributed by atoms with Crippen molar-refractivity contribution < 1.29 is 14.3 Å². The molecule has 1 unspecified atom stereocenters. The van der Waals surface area contributed by atoms with Gasteiger partial charge in [0.2, 0.25) is 5.91 Å². The predicted molar refractivity (Wildman–Crippen MR) is 90.9 cm³/mol. The number of carbonyl (C=O) groups excluding carboxylic acids is 1. The fourth-order valence-electron chi connectivity index (χ4n) is 2.44. The number of hydrogen-bond acceptors (Lipinski definition) is 3. The number of methoxy groups -OCH3 is 2. The Morgan fingerprint density at radius 3 is 2.39 bits per heavy atom. The quantitative estimate of drug-likeness (QED) is 0.851. The predicted octanol–water partition coefficient (Wildman–Crippen LogP) is 3.51. The van der Waals surface area contributed by atoms with Gasteiger partial charge in [-0.3, -0.25) is 4.79 Å². The number of nitrogens with one attached hydrogen (secondary N) is 1. The van der Waals surface area contributed by atoms with Crippen molar-refractivity contribution in [3.63, 3.8) is 0 Å². The van der Waals surface area contributed by atoms with Gasteiger partial charge in [0.05, 0.1) is 14.2 Å². The van der Waals surface area contributed by atoms with E-state index in [9.17, 15) is 4.79 Å². The van der Waals surface area contributed by atoms with E-state index in [1.165, 1.54) is 0 Å². The monoisotopic (exact) mass is 313 g/mol. The molecule has 4 heteroatoms. The van der Waals surface area contributed by atoms with Crippen molar-refractivity contribution in [1.29, 1.82) is 0 Å². The fraction of sp³-hybridized carbons (Fsp3) is 0.316. The summed E-state index contributed by atoms with van der Waals surface area (Å²) in [5.74, 6) is 1.79. The van der Waals surface area contributed by atoms with Crippen LogP contribution in [0.2, 0.25) is 0 Å². The summed E-state index contributed by atoms with van der Waals surface area (Å²) in [6, 6.07) is 15.5. The Morgan fingerprint density at radius 1 is 1.04 bits per heavy atom. The average molecular weight is 313 g/mol. The standard InChI is InChI=1S/C19H23NO3/c1-14(15-8-10-17(22-2)11-9-15)12-19(21)20-13-16-6-4-5-7-18(16)23-3/h4-11,14H,12-13H2,1-3H3,(H,20,21). The molecule has 1 N–H and O–H groups in total. The van der Waals surface area contributed by atoms with E-state index in [-0.39, 0.29) is 11.8 Å². The lowest BCUT2D eigenvalue weighted by atomic mass is 9.97. The Balaban J connectivity index is 1.88. The van der Waals surface area contributed by atoms with Crippen LogP contribution in [-0.2, 0) is 11.3 Å². The van der Waals surface area contributed by atoms with E-state index >= 15 is 0 Å². The number of carbonyl (C=O) groups is 1. The van der Waals surface area contributed by atoms with Crippen LogP contribution >= 0.6 is 0 Å². The van der Waals surface area contributed by atoms with E-state index in [0.717, 1.165) is 22.6 Å². The van der Waals surface area contributed by atoms with Crippen molar-refractivity contribution in [2.24, 2.45) is 0 Å². The molecule has 0 aliphatic carbocycles. The molecular weight excluding hydrogens is 290 g/mol. The maximum atomic E-state index is 12.1. The third-order valence-electron chi connectivity index (χ3n) is 3.84. The first kappa shape index (κ1) is 16.9. The molecule has 0 heterocycles. The topological polar surface area (TPSA) is 47.6 Å². The molecular formula is C19H23NO3. The Hall–Kier alpha value is -2.49. The number of amides is 1. The van der Waals surface area contributed by atoms with Crippen LogP contribution in [0.4, 0.5) is 0 Å². The minimum Gasteiger partial charge on any atom is -0.497 e. The summed E-state index contributed by atoms with van der Waals surface area (Å²) in [6.45, 7) is 2.52. The van der Waals surface area contributed by atoms with Gasteiger partial charge in [0, 0.05) is 18.5 Å². The minimum absolute atomic E-state index is 0.0271. The molecule has 0 bridgehead atoms. The van der Waals surface area contributed by atoms with Gasteiger partial charge in [-0.05, 0) is 29.7 Å². The molecule has 1 atom stereocenters. The molecule has 0 aromatic heterocycles. The summed E-state index contributed by atoms with van der Waals surface area (Å²) in [5, 5.41) is 2.95. The van der Waals surface area contributed by atoms with Gasteiger partial charge in [0.25, 0.3) is 0 Å². The SMILES string of the molecule is COc1ccc(C(C)CC(=O)NCc2ccccc2OC)cc1. The molecule has 0 fully saturated rings. The Kier molecular flexibility index (Phi) is 6.03. The zero-order chi connectivity index (χ0) is 16.7. The molecule has 0 aliphatic rings. The van der Waals surface area contributed by atoms with Crippen molar-refractivity contribution >= 4 is 5.91 Å². The van der Waals surface area contributed by atoms with Gasteiger partial charge in [-0.25, -0.2) is 0 Å². The number of para-hydroxylation sites is 1. The van der Waals surface area contributed by atoms with Crippen LogP contribution in [0.25, 0.3) is 0 Å². The van der Waals surface area contributed by atoms with Crippen molar-refractivity contribution in [3.8, 4) is 11.5 Å². The Bertz CT molecular complexity index is 637. The molecule has 0 saturated heterocycles. The molecule has 1 amide bonds. The molecule has 0 saturated carbocycles. The van der Waals surface area contributed by atoms with Crippen molar-refractivity contribution in [2.75, 3.05) is 14.2 Å². The van der Waals surface area contributed by atoms with E-state index in [1.54, 1.807) is 14.2 Å². The zero-order valence-electron chi connectivity index (χ0n) is 13.8. The summed E-state index contributed by atoms with van der Waals surface area (Å²) in [5.41, 5.74) is 2.10. The van der Waals surface area contributed by atoms with Gasteiger partial charge in [0.1, 0.15) is 11.5 Å². The van der Waals surface area contributed by atoms with E-state index in [0.29, 0.717) is 13.0 Å². The second-order valence-electron chi connectivity index (χ2n) is 5.47. The highest BCUT2D eigenvalue weighted by atomic mass is 16.5. The van der Waals surface area contributed by atoms with Gasteiger partial charge < -0.3 is 14.8 Å². The largest absolute Gasteiger partial charge is 0.497 e. The van der Waals surface area contributed by atoms with Gasteiger partial charge >= 0.3 is 0 Å². The second-order valence-corrected chi connectivity index (χ2v) is 5.47. The number of hydrogen-bond donors (Lipinski definition) is 1. The van der Waals surface area contributed by atoms with Crippen LogP contribution in [0.5, 0.6) is 11.5 Å². The molecule has 2 aromatic carbocycles. The third-order valence-corrected chi connectivity index (χ3v) is 3.84. The summed E-state index contributed by atoms with van der Waals surface area (Å²) in [4.78, 5) is 12.1. The molecule has 2 aromatic rings. The third kappa shape index (κ3) is 4.74. The van der Waals surface area contributed by atoms with Crippen LogP contribution < -0.4 is 14.8 Å². The minimum atomic E-state index is 0.0271. The fourth-order valence-corrected chi connectivity index (χ4v) is 2.44. The van der Waals surface area contributed by atoms with Crippen molar-refractivity contribution in [3.05, 3.63) is 59.7 Å². The number of benzene rings is 2. The van der Waals surface area contributed by atoms with E-state index in [4.69, 9.17) is 9.47 Å². The lowest BCUT2D eigenvalue weighted by Crippen LogP contribution is -2.24. The molecule has 0 radical (unpaired) electrons. The molecule has 122 valence electrons. The first-order chi connectivity index (χ1) is 11.1. The highest BCUT2D eigenvalue weighted by Crippen LogP contribution is 2.22. The first-order valence-electron chi connectivity index (χ1n) is 7.66. The first-order valence-corrected chi connectivity index (χ1v) is 7.66. The van der Waals surface area contributed by atoms with Crippen LogP contribution in [-0.4, -0.2) is 20.1 Å². The summed E-state index contributed by atoms with van der Waals surface area (Å²) >= 11 is 0. The van der Waals surface area contributed by atoms with Crippen LogP contribution in [0.1, 0.15) is 30.4 Å². The Morgan fingerprint density at radius 2 is 1.74 bits per heavy atom. The highest BCUT2D eigenvalue weighted by Gasteiger charge is 2.12. The van der Waals surface area contributed by atoms with Gasteiger partial charge in [-0.2, -0.15) is 0 Å². The summed E-state index contributed by atoms with van der Waals surface area (Å²) < 4.78 is 10.4. The molecule has 4 nitrogen and oxygen atoms in total. The lowest BCUT2D eigenvalue weighted by molar-refractivity contribution is -0.121. The van der Waals surface area contributed by atoms with E-state index in [1.807, 2.05) is 55.5 Å². The smallest absolute Gasteiger partial charge is 0.220 e. The molecule has 2 rings (SSSR count).